The molecule has 0 bridgehead atoms. The van der Waals surface area contributed by atoms with Crippen LogP contribution < -0.4 is 22.1 Å². The molecule has 4 amide bonds. The van der Waals surface area contributed by atoms with Gasteiger partial charge in [0.2, 0.25) is 23.6 Å². The average Bonchev–Trinajstić information content (AvgIpc) is 3.07. The summed E-state index contributed by atoms with van der Waals surface area (Å²) in [5, 5.41) is 36.2. The number of unbranched alkanes of at least 4 members (excludes halogenated alkanes) is 15. The molecule has 1 heterocycles. The van der Waals surface area contributed by atoms with Gasteiger partial charge in [-0.05, 0) is 26.7 Å². The Morgan fingerprint density at radius 3 is 1.82 bits per heavy atom. The van der Waals surface area contributed by atoms with Crippen LogP contribution >= 0.6 is 0 Å². The lowest BCUT2D eigenvalue weighted by atomic mass is 9.96. The second-order valence-electron chi connectivity index (χ2n) is 14.3. The Labute approximate surface area is 306 Å². The number of nitrogens with two attached hydrogens (primary N) is 2. The van der Waals surface area contributed by atoms with Crippen LogP contribution in [0.3, 0.4) is 0 Å². The number of amides is 4. The summed E-state index contributed by atoms with van der Waals surface area (Å²) < 4.78 is 11.2. The van der Waals surface area contributed by atoms with Crippen LogP contribution in [0.15, 0.2) is 0 Å². The number of aliphatic hydroxyl groups is 3. The Balaban J connectivity index is 2.50. The van der Waals surface area contributed by atoms with E-state index in [2.05, 4.69) is 17.6 Å². The summed E-state index contributed by atoms with van der Waals surface area (Å²) >= 11 is 0. The van der Waals surface area contributed by atoms with Crippen molar-refractivity contribution in [1.29, 1.82) is 0 Å². The summed E-state index contributed by atoms with van der Waals surface area (Å²) in [5.41, 5.74) is 11.6. The summed E-state index contributed by atoms with van der Waals surface area (Å²) in [6, 6.07) is -3.35. The third kappa shape index (κ3) is 19.3. The molecule has 9 N–H and O–H groups in total. The molecule has 51 heavy (non-hydrogen) atoms. The van der Waals surface area contributed by atoms with Crippen molar-refractivity contribution < 1.29 is 44.0 Å². The van der Waals surface area contributed by atoms with Gasteiger partial charge in [-0.3, -0.25) is 19.2 Å². The highest BCUT2D eigenvalue weighted by molar-refractivity contribution is 5.89. The van der Waals surface area contributed by atoms with E-state index in [1.54, 1.807) is 6.92 Å². The van der Waals surface area contributed by atoms with Crippen molar-refractivity contribution in [2.45, 2.75) is 192 Å². The van der Waals surface area contributed by atoms with Gasteiger partial charge in [0.25, 0.3) is 0 Å². The van der Waals surface area contributed by atoms with Crippen LogP contribution in [-0.4, -0.2) is 112 Å². The molecular formula is C37H71N5O9. The summed E-state index contributed by atoms with van der Waals surface area (Å²) in [6.45, 7) is 6.19. The van der Waals surface area contributed by atoms with Crippen LogP contribution in [-0.2, 0) is 28.7 Å². The van der Waals surface area contributed by atoms with E-state index in [-0.39, 0.29) is 25.3 Å². The molecule has 1 aliphatic heterocycles. The van der Waals surface area contributed by atoms with Crippen LogP contribution in [0.1, 0.15) is 143 Å². The maximum atomic E-state index is 13.2. The minimum atomic E-state index is -1.59. The monoisotopic (exact) mass is 730 g/mol. The molecule has 0 spiro atoms. The highest BCUT2D eigenvalue weighted by Crippen LogP contribution is 2.24. The van der Waals surface area contributed by atoms with Gasteiger partial charge in [0, 0.05) is 26.4 Å². The number of nitrogens with zero attached hydrogens (tertiary/aromatic N) is 1. The minimum absolute atomic E-state index is 0.0367. The molecule has 0 aromatic heterocycles. The zero-order chi connectivity index (χ0) is 38.2. The topological polar surface area (TPSA) is 227 Å². The summed E-state index contributed by atoms with van der Waals surface area (Å²) in [5.74, 6) is -2.19. The number of ether oxygens (including phenoxy) is 2. The van der Waals surface area contributed by atoms with Crippen LogP contribution in [0, 0.1) is 0 Å². The highest BCUT2D eigenvalue weighted by atomic mass is 16.6. The van der Waals surface area contributed by atoms with Crippen molar-refractivity contribution in [2.24, 2.45) is 11.5 Å². The maximum Gasteiger partial charge on any atom is 0.240 e. The quantitative estimate of drug-likeness (QED) is 0.0557. The van der Waals surface area contributed by atoms with Gasteiger partial charge in [0.05, 0.1) is 18.8 Å². The van der Waals surface area contributed by atoms with E-state index in [0.717, 1.165) is 19.3 Å². The van der Waals surface area contributed by atoms with Gasteiger partial charge < -0.3 is 51.8 Å². The van der Waals surface area contributed by atoms with Gasteiger partial charge >= 0.3 is 0 Å². The standard InChI is InChI=1S/C37H71N5O9/c1-5-6-7-8-9-10-11-12-13-14-15-16-17-18-19-20-23-40-31(45)22-21-29(35(39)47)42(36(48)27(3)38)24-26(2)50-34-32(41-28(4)44)37(49)51-30(25-43)33(34)46/h26-27,29-30,32-34,37,43,46,49H,5-25,38H2,1-4H3,(H2,39,47)(H,40,45)(H,41,44)/t26?,27-,29+,30+,32+,33+,34+,37-/m0/s1. The summed E-state index contributed by atoms with van der Waals surface area (Å²) in [7, 11) is 0. The van der Waals surface area contributed by atoms with Crippen LogP contribution in [0.2, 0.25) is 0 Å². The molecular weight excluding hydrogens is 658 g/mol. The Hall–Kier alpha value is -2.36. The molecule has 0 aromatic rings. The third-order valence-electron chi connectivity index (χ3n) is 9.46. The van der Waals surface area contributed by atoms with Crippen LogP contribution in [0.4, 0.5) is 0 Å². The molecule has 8 atom stereocenters. The van der Waals surface area contributed by atoms with Crippen LogP contribution in [0.5, 0.6) is 0 Å². The molecule has 0 aliphatic carbocycles. The zero-order valence-corrected chi connectivity index (χ0v) is 31.9. The molecule has 0 aromatic carbocycles. The van der Waals surface area contributed by atoms with E-state index in [1.165, 1.54) is 102 Å². The number of rotatable bonds is 29. The number of aliphatic hydroxyl groups excluding tert-OH is 3. The predicted octanol–water partition coefficient (Wildman–Crippen LogP) is 2.52. The lowest BCUT2D eigenvalue weighted by Gasteiger charge is -2.44. The highest BCUT2D eigenvalue weighted by Gasteiger charge is 2.46. The van der Waals surface area contributed by atoms with Crippen LogP contribution in [0.25, 0.3) is 0 Å². The van der Waals surface area contributed by atoms with Crippen molar-refractivity contribution in [3.63, 3.8) is 0 Å². The number of hydrogen-bond acceptors (Lipinski definition) is 10. The van der Waals surface area contributed by atoms with E-state index in [4.69, 9.17) is 20.9 Å². The van der Waals surface area contributed by atoms with Crippen molar-refractivity contribution in [3.05, 3.63) is 0 Å². The largest absolute Gasteiger partial charge is 0.394 e. The molecule has 298 valence electrons. The third-order valence-corrected chi connectivity index (χ3v) is 9.46. The van der Waals surface area contributed by atoms with E-state index in [0.29, 0.717) is 6.54 Å². The first kappa shape index (κ1) is 46.7. The number of primary amides is 1. The predicted molar refractivity (Wildman–Crippen MR) is 196 cm³/mol. The molecule has 0 saturated carbocycles. The molecule has 1 saturated heterocycles. The SMILES string of the molecule is CCCCCCCCCCCCCCCCCCNC(=O)CC[C@H](C(N)=O)N(CC(C)O[C@H]1[C@H](O)[C@@H](CO)O[C@H](O)[C@@H]1NC(C)=O)C(=O)[C@H](C)N. The van der Waals surface area contributed by atoms with Gasteiger partial charge in [-0.25, -0.2) is 0 Å². The fraction of sp³-hybridized carbons (Fsp3) is 0.892. The van der Waals surface area contributed by atoms with Crippen molar-refractivity contribution in [3.8, 4) is 0 Å². The summed E-state index contributed by atoms with van der Waals surface area (Å²) in [6.07, 6.45) is 13.9. The first-order valence-electron chi connectivity index (χ1n) is 19.5. The minimum Gasteiger partial charge on any atom is -0.394 e. The second-order valence-corrected chi connectivity index (χ2v) is 14.3. The fourth-order valence-corrected chi connectivity index (χ4v) is 6.56. The smallest absolute Gasteiger partial charge is 0.240 e. The van der Waals surface area contributed by atoms with Crippen molar-refractivity contribution >= 4 is 23.6 Å². The molecule has 1 fully saturated rings. The van der Waals surface area contributed by atoms with Gasteiger partial charge in [-0.15, -0.1) is 0 Å². The Morgan fingerprint density at radius 2 is 1.37 bits per heavy atom. The molecule has 0 radical (unpaired) electrons. The van der Waals surface area contributed by atoms with E-state index in [9.17, 15) is 34.5 Å². The molecule has 1 aliphatic rings. The first-order chi connectivity index (χ1) is 24.3. The van der Waals surface area contributed by atoms with Gasteiger partial charge in [-0.2, -0.15) is 0 Å². The van der Waals surface area contributed by atoms with Gasteiger partial charge in [-0.1, -0.05) is 103 Å². The maximum absolute atomic E-state index is 13.2. The normalized spacial score (nSPS) is 22.2. The summed E-state index contributed by atoms with van der Waals surface area (Å²) in [4.78, 5) is 51.3. The lowest BCUT2D eigenvalue weighted by Crippen LogP contribution is -2.65. The zero-order valence-electron chi connectivity index (χ0n) is 31.9. The molecule has 1 rings (SSSR count). The second kappa shape index (κ2) is 27.3. The number of hydrogen-bond donors (Lipinski definition) is 7. The lowest BCUT2D eigenvalue weighted by molar-refractivity contribution is -0.268. The number of carbonyl (C=O) groups excluding carboxylic acids is 4. The number of carbonyl (C=O) groups is 4. The Bertz CT molecular complexity index is 988. The van der Waals surface area contributed by atoms with Gasteiger partial charge in [0.1, 0.15) is 30.4 Å². The Morgan fingerprint density at radius 1 is 0.863 bits per heavy atom. The van der Waals surface area contributed by atoms with Crippen molar-refractivity contribution in [2.75, 3.05) is 19.7 Å². The first-order valence-corrected chi connectivity index (χ1v) is 19.5. The fourth-order valence-electron chi connectivity index (χ4n) is 6.56. The van der Waals surface area contributed by atoms with Crippen molar-refractivity contribution in [1.82, 2.24) is 15.5 Å². The molecule has 14 nitrogen and oxygen atoms in total. The van der Waals surface area contributed by atoms with E-state index < -0.39 is 73.2 Å². The molecule has 1 unspecified atom stereocenters. The average molecular weight is 730 g/mol. The van der Waals surface area contributed by atoms with E-state index >= 15 is 0 Å². The van der Waals surface area contributed by atoms with E-state index in [1.807, 2.05) is 0 Å². The number of nitrogens with one attached hydrogen (secondary N) is 2. The molecule has 14 heteroatoms. The van der Waals surface area contributed by atoms with Gasteiger partial charge in [0.15, 0.2) is 6.29 Å². The Kier molecular flexibility index (Phi) is 25.0.